The molecule has 5 nitrogen and oxygen atoms in total. The second-order valence-corrected chi connectivity index (χ2v) is 8.94. The molecule has 0 aliphatic carbocycles. The minimum atomic E-state index is -0.477. The zero-order valence-corrected chi connectivity index (χ0v) is 19.8. The number of ether oxygens (including phenoxy) is 5. The minimum absolute atomic E-state index is 0.210. The van der Waals surface area contributed by atoms with Gasteiger partial charge < -0.3 is 23.7 Å². The van der Waals surface area contributed by atoms with Crippen LogP contribution in [0.25, 0.3) is 0 Å². The monoisotopic (exact) mass is 472 g/mol. The van der Waals surface area contributed by atoms with E-state index in [2.05, 4.69) is 30.8 Å². The normalized spacial score (nSPS) is 28.2. The van der Waals surface area contributed by atoms with Crippen molar-refractivity contribution in [2.45, 2.75) is 56.4 Å². The van der Waals surface area contributed by atoms with Crippen LogP contribution in [0.3, 0.4) is 0 Å². The average Bonchev–Trinajstić information content (AvgIpc) is 2.92. The summed E-state index contributed by atoms with van der Waals surface area (Å²) in [6.45, 7) is 5.29. The highest BCUT2D eigenvalue weighted by Crippen LogP contribution is 2.37. The number of benzene rings is 3. The number of rotatable bonds is 9. The van der Waals surface area contributed by atoms with E-state index in [1.54, 1.807) is 0 Å². The SMILES string of the molecule is C=CC[C@H]1O[C@@H]2COC(c3ccccc3)O[C@@H]2[C@H](OCc2ccccc2)[C@H]1OCc1ccccc1. The standard InChI is InChI=1S/C30H32O5/c1-2-12-25-27(31-19-22-13-6-3-7-14-22)29(32-20-23-15-8-4-9-16-23)28-26(34-25)21-33-30(35-28)24-17-10-5-11-18-24/h2-11,13-18,25-30H,1,12,19-21H2/t25-,26-,27+,28+,29-,30?/m1/s1. The molecular weight excluding hydrogens is 440 g/mol. The molecule has 0 radical (unpaired) electrons. The van der Waals surface area contributed by atoms with E-state index in [0.29, 0.717) is 26.2 Å². The van der Waals surface area contributed by atoms with E-state index in [1.807, 2.05) is 72.8 Å². The summed E-state index contributed by atoms with van der Waals surface area (Å²) in [7, 11) is 0. The molecule has 1 unspecified atom stereocenters. The highest BCUT2D eigenvalue weighted by Gasteiger charge is 2.50. The van der Waals surface area contributed by atoms with Crippen LogP contribution < -0.4 is 0 Å². The first-order valence-electron chi connectivity index (χ1n) is 12.2. The summed E-state index contributed by atoms with van der Waals surface area (Å²) in [4.78, 5) is 0. The van der Waals surface area contributed by atoms with Crippen molar-refractivity contribution in [3.8, 4) is 0 Å². The molecule has 2 aliphatic heterocycles. The quantitative estimate of drug-likeness (QED) is 0.379. The molecule has 0 saturated carbocycles. The second-order valence-electron chi connectivity index (χ2n) is 8.94. The molecule has 0 bridgehead atoms. The van der Waals surface area contributed by atoms with E-state index in [0.717, 1.165) is 16.7 Å². The summed E-state index contributed by atoms with van der Waals surface area (Å²) in [5, 5.41) is 0. The molecule has 6 atom stereocenters. The zero-order valence-electron chi connectivity index (χ0n) is 19.8. The van der Waals surface area contributed by atoms with Gasteiger partial charge in [-0.3, -0.25) is 0 Å². The van der Waals surface area contributed by atoms with Crippen LogP contribution in [0.5, 0.6) is 0 Å². The third-order valence-corrected chi connectivity index (χ3v) is 6.46. The predicted molar refractivity (Wildman–Crippen MR) is 134 cm³/mol. The maximum atomic E-state index is 6.58. The van der Waals surface area contributed by atoms with Crippen molar-refractivity contribution in [1.29, 1.82) is 0 Å². The molecule has 5 rings (SSSR count). The maximum Gasteiger partial charge on any atom is 0.184 e. The van der Waals surface area contributed by atoms with Crippen molar-refractivity contribution < 1.29 is 23.7 Å². The van der Waals surface area contributed by atoms with Crippen LogP contribution >= 0.6 is 0 Å². The zero-order chi connectivity index (χ0) is 23.9. The molecule has 0 amide bonds. The summed E-state index contributed by atoms with van der Waals surface area (Å²) in [5.41, 5.74) is 3.18. The van der Waals surface area contributed by atoms with Crippen LogP contribution in [0.1, 0.15) is 29.4 Å². The molecular formula is C30H32O5. The van der Waals surface area contributed by atoms with Gasteiger partial charge in [-0.1, -0.05) is 97.1 Å². The van der Waals surface area contributed by atoms with Gasteiger partial charge in [-0.25, -0.2) is 0 Å². The second kappa shape index (κ2) is 11.8. The molecule has 0 spiro atoms. The van der Waals surface area contributed by atoms with Gasteiger partial charge in [0.2, 0.25) is 0 Å². The molecule has 5 heteroatoms. The topological polar surface area (TPSA) is 46.2 Å². The minimum Gasteiger partial charge on any atom is -0.368 e. The molecule has 3 aromatic carbocycles. The smallest absolute Gasteiger partial charge is 0.184 e. The largest absolute Gasteiger partial charge is 0.368 e. The van der Waals surface area contributed by atoms with Gasteiger partial charge >= 0.3 is 0 Å². The van der Waals surface area contributed by atoms with E-state index in [1.165, 1.54) is 0 Å². The Labute approximate surface area is 207 Å². The van der Waals surface area contributed by atoms with E-state index >= 15 is 0 Å². The molecule has 3 aromatic rings. The Bertz CT molecular complexity index is 1040. The van der Waals surface area contributed by atoms with E-state index in [4.69, 9.17) is 23.7 Å². The lowest BCUT2D eigenvalue weighted by Gasteiger charge is -2.49. The number of hydrogen-bond acceptors (Lipinski definition) is 5. The fraction of sp³-hybridized carbons (Fsp3) is 0.333. The van der Waals surface area contributed by atoms with Crippen LogP contribution in [0.4, 0.5) is 0 Å². The van der Waals surface area contributed by atoms with Crippen molar-refractivity contribution in [1.82, 2.24) is 0 Å². The third kappa shape index (κ3) is 5.89. The first-order chi connectivity index (χ1) is 17.3. The van der Waals surface area contributed by atoms with Gasteiger partial charge in [-0.05, 0) is 17.5 Å². The summed E-state index contributed by atoms with van der Waals surface area (Å²) in [5.74, 6) is 0. The Morgan fingerprint density at radius 1 is 0.743 bits per heavy atom. The molecule has 2 aliphatic rings. The van der Waals surface area contributed by atoms with Crippen LogP contribution in [0.2, 0.25) is 0 Å². The van der Waals surface area contributed by atoms with Gasteiger partial charge in [0.15, 0.2) is 6.29 Å². The van der Waals surface area contributed by atoms with Gasteiger partial charge in [0, 0.05) is 5.56 Å². The van der Waals surface area contributed by atoms with Gasteiger partial charge in [-0.15, -0.1) is 6.58 Å². The van der Waals surface area contributed by atoms with Crippen molar-refractivity contribution in [2.75, 3.05) is 6.61 Å². The highest BCUT2D eigenvalue weighted by molar-refractivity contribution is 5.18. The Balaban J connectivity index is 1.40. The van der Waals surface area contributed by atoms with Crippen LogP contribution in [0.15, 0.2) is 104 Å². The van der Waals surface area contributed by atoms with Gasteiger partial charge in [0.25, 0.3) is 0 Å². The van der Waals surface area contributed by atoms with Crippen molar-refractivity contribution in [3.05, 3.63) is 120 Å². The lowest BCUT2D eigenvalue weighted by atomic mass is 9.92. The molecule has 2 fully saturated rings. The first kappa shape index (κ1) is 23.9. The Morgan fingerprint density at radius 2 is 1.31 bits per heavy atom. The Kier molecular flexibility index (Phi) is 8.03. The van der Waals surface area contributed by atoms with Gasteiger partial charge in [-0.2, -0.15) is 0 Å². The molecule has 0 N–H and O–H groups in total. The Morgan fingerprint density at radius 3 is 1.91 bits per heavy atom. The summed E-state index contributed by atoms with van der Waals surface area (Å²) < 4.78 is 32.1. The van der Waals surface area contributed by atoms with Crippen LogP contribution in [-0.2, 0) is 36.9 Å². The summed E-state index contributed by atoms with van der Waals surface area (Å²) in [6, 6.07) is 30.3. The molecule has 0 aromatic heterocycles. The first-order valence-corrected chi connectivity index (χ1v) is 12.2. The van der Waals surface area contributed by atoms with E-state index < -0.39 is 6.29 Å². The van der Waals surface area contributed by atoms with Gasteiger partial charge in [0.1, 0.15) is 24.4 Å². The maximum absolute atomic E-state index is 6.58. The van der Waals surface area contributed by atoms with Crippen molar-refractivity contribution in [2.24, 2.45) is 0 Å². The fourth-order valence-electron chi connectivity index (χ4n) is 4.72. The summed E-state index contributed by atoms with van der Waals surface area (Å²) >= 11 is 0. The molecule has 182 valence electrons. The van der Waals surface area contributed by atoms with Crippen LogP contribution in [0, 0.1) is 0 Å². The fourth-order valence-corrected chi connectivity index (χ4v) is 4.72. The predicted octanol–water partition coefficient (Wildman–Crippen LogP) is 5.61. The molecule has 35 heavy (non-hydrogen) atoms. The molecule has 2 heterocycles. The van der Waals surface area contributed by atoms with E-state index in [9.17, 15) is 0 Å². The average molecular weight is 473 g/mol. The highest BCUT2D eigenvalue weighted by atomic mass is 16.7. The lowest BCUT2D eigenvalue weighted by molar-refractivity contribution is -0.339. The van der Waals surface area contributed by atoms with Gasteiger partial charge in [0.05, 0.1) is 25.9 Å². The van der Waals surface area contributed by atoms with Crippen molar-refractivity contribution in [3.63, 3.8) is 0 Å². The summed E-state index contributed by atoms with van der Waals surface area (Å²) in [6.07, 6.45) is 0.585. The van der Waals surface area contributed by atoms with E-state index in [-0.39, 0.29) is 30.5 Å². The number of hydrogen-bond donors (Lipinski definition) is 0. The third-order valence-electron chi connectivity index (χ3n) is 6.46. The lowest BCUT2D eigenvalue weighted by Crippen LogP contribution is -2.63. The Hall–Kier alpha value is -2.80. The molecule has 2 saturated heterocycles. The van der Waals surface area contributed by atoms with Crippen molar-refractivity contribution >= 4 is 0 Å². The van der Waals surface area contributed by atoms with Crippen LogP contribution in [-0.4, -0.2) is 37.1 Å². The number of fused-ring (bicyclic) bond motifs is 1.